The number of hydrogen-bond donors (Lipinski definition) is 1. The third kappa shape index (κ3) is 13.6. The molecule has 0 aromatic rings. The van der Waals surface area contributed by atoms with Crippen molar-refractivity contribution in [2.45, 2.75) is 104 Å². The van der Waals surface area contributed by atoms with Gasteiger partial charge in [0.15, 0.2) is 13.1 Å². The van der Waals surface area contributed by atoms with E-state index < -0.39 is 4.81 Å². The molecule has 0 aliphatic heterocycles. The summed E-state index contributed by atoms with van der Waals surface area (Å²) in [5.74, 6) is -0.742. The number of hydroxylamine groups is 4. The van der Waals surface area contributed by atoms with Gasteiger partial charge in [-0.3, -0.25) is 0 Å². The molecule has 1 N–H and O–H groups in total. The quantitative estimate of drug-likeness (QED) is 0.207. The number of hydrogen-bond acceptors (Lipinski definition) is 5. The normalized spacial score (nSPS) is 11.4. The Hall–Kier alpha value is -1.14. The van der Waals surface area contributed by atoms with Crippen LogP contribution in [0.4, 0.5) is 0 Å². The third-order valence-corrected chi connectivity index (χ3v) is 4.51. The molecule has 0 saturated carbocycles. The zero-order valence-electron chi connectivity index (χ0n) is 17.8. The summed E-state index contributed by atoms with van der Waals surface area (Å²) in [5.41, 5.74) is 0. The Labute approximate surface area is 165 Å². The molecule has 0 rings (SSSR count). The molecule has 0 aromatic carbocycles. The molecule has 0 radical (unpaired) electrons. The summed E-state index contributed by atoms with van der Waals surface area (Å²) in [6, 6.07) is 0. The topological polar surface area (TPSA) is 72.8 Å². The van der Waals surface area contributed by atoms with Gasteiger partial charge in [0.1, 0.15) is 6.61 Å². The molecule has 0 fully saturated rings. The van der Waals surface area contributed by atoms with Crippen LogP contribution in [0.1, 0.15) is 104 Å². The number of unbranched alkanes of at least 4 members (excludes halogenated alkanes) is 8. The smallest absolute Gasteiger partial charge is 0.372 e. The molecule has 0 heterocycles. The van der Waals surface area contributed by atoms with Crippen molar-refractivity contribution in [1.29, 1.82) is 0 Å². The molecule has 6 heteroatoms. The number of aliphatic hydroxyl groups excluding tert-OH is 1. The molecular formula is C21H42NO5+. The van der Waals surface area contributed by atoms with Crippen LogP contribution in [0.5, 0.6) is 0 Å². The Kier molecular flexibility index (Phi) is 16.3. The SMILES string of the molecule is CCCCCCCC(=O)O[N+](CCC)(CCO)OC(=O)CCCCCCC. The number of carbonyl (C=O) groups is 2. The lowest BCUT2D eigenvalue weighted by Gasteiger charge is -2.30. The highest BCUT2D eigenvalue weighted by molar-refractivity contribution is 5.69. The van der Waals surface area contributed by atoms with Crippen molar-refractivity contribution < 1.29 is 29.2 Å². The summed E-state index contributed by atoms with van der Waals surface area (Å²) in [7, 11) is 0. The Morgan fingerprint density at radius 2 is 1.11 bits per heavy atom. The Morgan fingerprint density at radius 3 is 1.48 bits per heavy atom. The number of aliphatic hydroxyl groups is 1. The average Bonchev–Trinajstić information content (AvgIpc) is 2.61. The largest absolute Gasteiger partial charge is 0.390 e. The molecule has 0 aliphatic carbocycles. The molecule has 0 bridgehead atoms. The predicted molar refractivity (Wildman–Crippen MR) is 106 cm³/mol. The van der Waals surface area contributed by atoms with Gasteiger partial charge in [0.25, 0.3) is 0 Å². The van der Waals surface area contributed by atoms with Gasteiger partial charge in [-0.05, 0) is 12.8 Å². The lowest BCUT2D eigenvalue weighted by Crippen LogP contribution is -2.52. The van der Waals surface area contributed by atoms with Crippen molar-refractivity contribution in [3.8, 4) is 0 Å². The van der Waals surface area contributed by atoms with Gasteiger partial charge in [-0.15, -0.1) is 0 Å². The van der Waals surface area contributed by atoms with E-state index in [4.69, 9.17) is 9.68 Å². The second-order valence-corrected chi connectivity index (χ2v) is 7.24. The van der Waals surface area contributed by atoms with E-state index in [9.17, 15) is 14.7 Å². The number of nitrogens with zero attached hydrogens (tertiary/aromatic N) is 1. The Morgan fingerprint density at radius 1 is 0.667 bits per heavy atom. The van der Waals surface area contributed by atoms with E-state index >= 15 is 0 Å². The summed E-state index contributed by atoms with van der Waals surface area (Å²) < 4.78 is 0. The molecule has 0 aromatic heterocycles. The van der Waals surface area contributed by atoms with E-state index in [1.54, 1.807) is 0 Å². The fourth-order valence-electron chi connectivity index (χ4n) is 3.01. The molecule has 0 saturated heterocycles. The molecule has 6 nitrogen and oxygen atoms in total. The predicted octanol–water partition coefficient (Wildman–Crippen LogP) is 4.84. The first kappa shape index (κ1) is 25.9. The van der Waals surface area contributed by atoms with Crippen LogP contribution in [0.2, 0.25) is 0 Å². The van der Waals surface area contributed by atoms with Crippen molar-refractivity contribution in [3.63, 3.8) is 0 Å². The first-order chi connectivity index (χ1) is 13.0. The standard InChI is InChI=1S/C21H42NO5/c1-4-7-9-11-13-15-20(24)26-22(17-6-3,18-19-23)27-21(25)16-14-12-10-8-5-2/h23H,4-19H2,1-3H3/q+1. The van der Waals surface area contributed by atoms with Crippen molar-refractivity contribution in [2.24, 2.45) is 0 Å². The minimum atomic E-state index is -0.547. The molecule has 0 amide bonds. The van der Waals surface area contributed by atoms with Gasteiger partial charge in [0.2, 0.25) is 0 Å². The van der Waals surface area contributed by atoms with Crippen LogP contribution >= 0.6 is 0 Å². The zero-order chi connectivity index (χ0) is 20.4. The highest BCUT2D eigenvalue weighted by atomic mass is 17.0. The molecule has 0 atom stereocenters. The third-order valence-electron chi connectivity index (χ3n) is 4.51. The summed E-state index contributed by atoms with van der Waals surface area (Å²) in [6.45, 7) is 6.44. The van der Waals surface area contributed by atoms with Gasteiger partial charge in [-0.1, -0.05) is 72.1 Å². The number of rotatable bonds is 18. The fourth-order valence-corrected chi connectivity index (χ4v) is 3.01. The lowest BCUT2D eigenvalue weighted by atomic mass is 10.1. The Bertz CT molecular complexity index is 351. The van der Waals surface area contributed by atoms with Crippen LogP contribution in [0.25, 0.3) is 0 Å². The lowest BCUT2D eigenvalue weighted by molar-refractivity contribution is -1.22. The maximum absolute atomic E-state index is 12.2. The van der Waals surface area contributed by atoms with Crippen LogP contribution in [-0.4, -0.2) is 41.6 Å². The van der Waals surface area contributed by atoms with Gasteiger partial charge in [0, 0.05) is 11.2 Å². The van der Waals surface area contributed by atoms with Crippen LogP contribution in [-0.2, 0) is 19.3 Å². The van der Waals surface area contributed by atoms with Crippen LogP contribution in [0.15, 0.2) is 0 Å². The fraction of sp³-hybridized carbons (Fsp3) is 0.905. The molecule has 0 aliphatic rings. The molecule has 160 valence electrons. The maximum Gasteiger partial charge on any atom is 0.372 e. The van der Waals surface area contributed by atoms with E-state index in [-0.39, 0.29) is 25.1 Å². The van der Waals surface area contributed by atoms with Gasteiger partial charge < -0.3 is 5.11 Å². The monoisotopic (exact) mass is 388 g/mol. The molecular weight excluding hydrogens is 346 g/mol. The van der Waals surface area contributed by atoms with Crippen molar-refractivity contribution in [2.75, 3.05) is 19.7 Å². The summed E-state index contributed by atoms with van der Waals surface area (Å²) in [4.78, 5) is 35.0. The maximum atomic E-state index is 12.2. The van der Waals surface area contributed by atoms with Crippen molar-refractivity contribution in [3.05, 3.63) is 0 Å². The van der Waals surface area contributed by atoms with E-state index in [1.807, 2.05) is 6.92 Å². The van der Waals surface area contributed by atoms with Gasteiger partial charge in [0.05, 0.1) is 12.8 Å². The van der Waals surface area contributed by atoms with Crippen LogP contribution < -0.4 is 0 Å². The van der Waals surface area contributed by atoms with E-state index in [0.29, 0.717) is 25.8 Å². The van der Waals surface area contributed by atoms with Crippen LogP contribution in [0.3, 0.4) is 0 Å². The molecule has 27 heavy (non-hydrogen) atoms. The van der Waals surface area contributed by atoms with Crippen LogP contribution in [0, 0.1) is 0 Å². The minimum absolute atomic E-state index is 0.0665. The number of carbonyl (C=O) groups excluding carboxylic acids is 2. The van der Waals surface area contributed by atoms with Gasteiger partial charge in [-0.25, -0.2) is 19.3 Å². The highest BCUT2D eigenvalue weighted by Crippen LogP contribution is 2.17. The van der Waals surface area contributed by atoms with Crippen molar-refractivity contribution in [1.82, 2.24) is 0 Å². The van der Waals surface area contributed by atoms with Crippen molar-refractivity contribution >= 4 is 11.9 Å². The number of quaternary nitrogens is 1. The van der Waals surface area contributed by atoms with Gasteiger partial charge in [-0.2, -0.15) is 0 Å². The highest BCUT2D eigenvalue weighted by Gasteiger charge is 2.37. The second-order valence-electron chi connectivity index (χ2n) is 7.24. The zero-order valence-corrected chi connectivity index (χ0v) is 17.8. The summed E-state index contributed by atoms with van der Waals surface area (Å²) in [6.07, 6.45) is 11.7. The van der Waals surface area contributed by atoms with Gasteiger partial charge >= 0.3 is 11.9 Å². The van der Waals surface area contributed by atoms with E-state index in [0.717, 1.165) is 51.4 Å². The first-order valence-corrected chi connectivity index (χ1v) is 11.0. The molecule has 0 spiro atoms. The van der Waals surface area contributed by atoms with E-state index in [2.05, 4.69) is 13.8 Å². The first-order valence-electron chi connectivity index (χ1n) is 11.0. The summed E-state index contributed by atoms with van der Waals surface area (Å²) >= 11 is 0. The minimum Gasteiger partial charge on any atom is -0.390 e. The van der Waals surface area contributed by atoms with E-state index in [1.165, 1.54) is 12.8 Å². The average molecular weight is 389 g/mol. The Balaban J connectivity index is 4.55. The molecule has 0 unspecified atom stereocenters. The summed E-state index contributed by atoms with van der Waals surface area (Å²) in [5, 5.41) is 9.40. The second kappa shape index (κ2) is 17.0.